The largest absolute Gasteiger partial charge is 0.283 e. The fourth-order valence-electron chi connectivity index (χ4n) is 2.33. The van der Waals surface area contributed by atoms with Gasteiger partial charge in [-0.05, 0) is 30.5 Å². The SMILES string of the molecule is C=CCS(=O)(=O)Nc1ccc2c(c1)N(S(C)(=O)=O)CCC2. The summed E-state index contributed by atoms with van der Waals surface area (Å²) in [4.78, 5) is 0. The van der Waals surface area contributed by atoms with E-state index in [4.69, 9.17) is 0 Å². The number of hydrogen-bond donors (Lipinski definition) is 1. The lowest BCUT2D eigenvalue weighted by atomic mass is 10.0. The highest BCUT2D eigenvalue weighted by atomic mass is 32.2. The van der Waals surface area contributed by atoms with Crippen molar-refractivity contribution in [1.82, 2.24) is 0 Å². The van der Waals surface area contributed by atoms with Crippen LogP contribution in [0.25, 0.3) is 0 Å². The maximum atomic E-state index is 11.8. The van der Waals surface area contributed by atoms with Crippen molar-refractivity contribution >= 4 is 31.4 Å². The molecule has 0 radical (unpaired) electrons. The van der Waals surface area contributed by atoms with Crippen LogP contribution in [-0.4, -0.2) is 35.4 Å². The summed E-state index contributed by atoms with van der Waals surface area (Å²) in [6.45, 7) is 3.81. The maximum absolute atomic E-state index is 11.8. The van der Waals surface area contributed by atoms with Crippen molar-refractivity contribution in [1.29, 1.82) is 0 Å². The molecule has 0 bridgehead atoms. The second kappa shape index (κ2) is 5.69. The molecule has 1 aliphatic heterocycles. The zero-order valence-corrected chi connectivity index (χ0v) is 13.4. The Morgan fingerprint density at radius 3 is 2.67 bits per heavy atom. The molecule has 0 unspecified atom stereocenters. The fraction of sp³-hybridized carbons (Fsp3) is 0.385. The van der Waals surface area contributed by atoms with Gasteiger partial charge in [-0.25, -0.2) is 16.8 Å². The Kier molecular flexibility index (Phi) is 4.29. The first kappa shape index (κ1) is 15.8. The molecule has 116 valence electrons. The molecule has 1 aromatic carbocycles. The van der Waals surface area contributed by atoms with E-state index in [2.05, 4.69) is 11.3 Å². The monoisotopic (exact) mass is 330 g/mol. The summed E-state index contributed by atoms with van der Waals surface area (Å²) < 4.78 is 50.8. The lowest BCUT2D eigenvalue weighted by Crippen LogP contribution is -2.34. The highest BCUT2D eigenvalue weighted by molar-refractivity contribution is 7.92. The van der Waals surface area contributed by atoms with Crippen LogP contribution >= 0.6 is 0 Å². The van der Waals surface area contributed by atoms with Crippen molar-refractivity contribution in [3.8, 4) is 0 Å². The summed E-state index contributed by atoms with van der Waals surface area (Å²) >= 11 is 0. The summed E-state index contributed by atoms with van der Waals surface area (Å²) in [7, 11) is -6.87. The molecule has 21 heavy (non-hydrogen) atoms. The normalized spacial score (nSPS) is 15.4. The third-order valence-electron chi connectivity index (χ3n) is 3.17. The Balaban J connectivity index is 2.39. The molecule has 0 spiro atoms. The average molecular weight is 330 g/mol. The number of fused-ring (bicyclic) bond motifs is 1. The van der Waals surface area contributed by atoms with Gasteiger partial charge in [0, 0.05) is 6.54 Å². The number of benzene rings is 1. The molecule has 0 fully saturated rings. The highest BCUT2D eigenvalue weighted by Gasteiger charge is 2.24. The van der Waals surface area contributed by atoms with Crippen molar-refractivity contribution in [3.05, 3.63) is 36.4 Å². The number of sulfonamides is 2. The molecule has 0 atom stereocenters. The van der Waals surface area contributed by atoms with Gasteiger partial charge in [-0.2, -0.15) is 0 Å². The van der Waals surface area contributed by atoms with Gasteiger partial charge in [0.05, 0.1) is 23.4 Å². The minimum Gasteiger partial charge on any atom is -0.283 e. The number of hydrogen-bond acceptors (Lipinski definition) is 4. The van der Waals surface area contributed by atoms with Gasteiger partial charge in [-0.3, -0.25) is 9.03 Å². The molecule has 0 saturated heterocycles. The second-order valence-electron chi connectivity index (χ2n) is 4.95. The van der Waals surface area contributed by atoms with Crippen LogP contribution in [-0.2, 0) is 26.5 Å². The number of rotatable bonds is 5. The zero-order valence-electron chi connectivity index (χ0n) is 11.7. The molecule has 0 aromatic heterocycles. The van der Waals surface area contributed by atoms with Crippen molar-refractivity contribution in [2.45, 2.75) is 12.8 Å². The summed E-state index contributed by atoms with van der Waals surface area (Å²) in [6, 6.07) is 4.97. The van der Waals surface area contributed by atoms with E-state index in [1.807, 2.05) is 0 Å². The molecule has 6 nitrogen and oxygen atoms in total. The van der Waals surface area contributed by atoms with Gasteiger partial charge in [0.25, 0.3) is 0 Å². The van der Waals surface area contributed by atoms with E-state index in [0.717, 1.165) is 24.7 Å². The molecular weight excluding hydrogens is 312 g/mol. The van der Waals surface area contributed by atoms with Crippen LogP contribution in [0, 0.1) is 0 Å². The first-order chi connectivity index (χ1) is 9.73. The third kappa shape index (κ3) is 3.76. The van der Waals surface area contributed by atoms with E-state index in [9.17, 15) is 16.8 Å². The minimum atomic E-state index is -3.50. The minimum absolute atomic E-state index is 0.195. The maximum Gasteiger partial charge on any atom is 0.236 e. The first-order valence-electron chi connectivity index (χ1n) is 6.45. The van der Waals surface area contributed by atoms with E-state index < -0.39 is 20.0 Å². The number of aryl methyl sites for hydroxylation is 1. The van der Waals surface area contributed by atoms with E-state index in [0.29, 0.717) is 17.9 Å². The van der Waals surface area contributed by atoms with Crippen molar-refractivity contribution in [2.24, 2.45) is 0 Å². The summed E-state index contributed by atoms with van der Waals surface area (Å²) in [5.41, 5.74) is 1.80. The van der Waals surface area contributed by atoms with E-state index in [1.165, 1.54) is 10.4 Å². The predicted octanol–water partition coefficient (Wildman–Crippen LogP) is 1.33. The molecule has 1 aliphatic rings. The number of anilines is 2. The van der Waals surface area contributed by atoms with Crippen LogP contribution in [0.1, 0.15) is 12.0 Å². The molecular formula is C13H18N2O4S2. The predicted molar refractivity (Wildman–Crippen MR) is 84.6 cm³/mol. The molecule has 0 amide bonds. The van der Waals surface area contributed by atoms with Crippen LogP contribution in [0.5, 0.6) is 0 Å². The molecule has 0 aliphatic carbocycles. The van der Waals surface area contributed by atoms with Crippen molar-refractivity contribution in [2.75, 3.05) is 27.6 Å². The number of nitrogens with one attached hydrogen (secondary N) is 1. The van der Waals surface area contributed by atoms with Crippen LogP contribution in [0.2, 0.25) is 0 Å². The quantitative estimate of drug-likeness (QED) is 0.826. The lowest BCUT2D eigenvalue weighted by molar-refractivity contribution is 0.592. The second-order valence-corrected chi connectivity index (χ2v) is 8.63. The Morgan fingerprint density at radius 1 is 1.33 bits per heavy atom. The van der Waals surface area contributed by atoms with Gasteiger partial charge in [-0.15, -0.1) is 6.58 Å². The first-order valence-corrected chi connectivity index (χ1v) is 9.95. The smallest absolute Gasteiger partial charge is 0.236 e. The summed E-state index contributed by atoms with van der Waals surface area (Å²) in [5.74, 6) is -0.195. The zero-order chi connectivity index (χ0) is 15.7. The van der Waals surface area contributed by atoms with Gasteiger partial charge >= 0.3 is 0 Å². The highest BCUT2D eigenvalue weighted by Crippen LogP contribution is 2.31. The summed E-state index contributed by atoms with van der Waals surface area (Å²) in [5, 5.41) is 0. The molecule has 1 N–H and O–H groups in total. The molecule has 1 aromatic rings. The van der Waals surface area contributed by atoms with Gasteiger partial charge in [0.15, 0.2) is 0 Å². The average Bonchev–Trinajstić information content (AvgIpc) is 2.36. The van der Waals surface area contributed by atoms with Crippen LogP contribution < -0.4 is 9.03 Å². The van der Waals surface area contributed by atoms with Gasteiger partial charge in [0.2, 0.25) is 20.0 Å². The Morgan fingerprint density at radius 2 is 2.05 bits per heavy atom. The van der Waals surface area contributed by atoms with Crippen LogP contribution in [0.15, 0.2) is 30.9 Å². The van der Waals surface area contributed by atoms with Gasteiger partial charge < -0.3 is 0 Å². The Hall–Kier alpha value is -1.54. The number of nitrogens with zero attached hydrogens (tertiary/aromatic N) is 1. The summed E-state index contributed by atoms with van der Waals surface area (Å²) in [6.07, 6.45) is 3.98. The van der Waals surface area contributed by atoms with Crippen molar-refractivity contribution < 1.29 is 16.8 Å². The van der Waals surface area contributed by atoms with Crippen LogP contribution in [0.3, 0.4) is 0 Å². The topological polar surface area (TPSA) is 83.6 Å². The standard InChI is InChI=1S/C13H18N2O4S2/c1-3-9-21(18,19)14-12-7-6-11-5-4-8-15(13(11)10-12)20(2,16)17/h3,6-7,10,14H,1,4-5,8-9H2,2H3. The lowest BCUT2D eigenvalue weighted by Gasteiger charge is -2.29. The third-order valence-corrected chi connectivity index (χ3v) is 5.57. The van der Waals surface area contributed by atoms with Crippen LogP contribution in [0.4, 0.5) is 11.4 Å². The molecule has 1 heterocycles. The molecule has 0 saturated carbocycles. The Bertz CT molecular complexity index is 754. The van der Waals surface area contributed by atoms with Gasteiger partial charge in [0.1, 0.15) is 0 Å². The van der Waals surface area contributed by atoms with E-state index in [-0.39, 0.29) is 5.75 Å². The fourth-order valence-corrected chi connectivity index (χ4v) is 4.19. The molecule has 2 rings (SSSR count). The van der Waals surface area contributed by atoms with E-state index in [1.54, 1.807) is 18.2 Å². The Labute approximate surface area is 125 Å². The molecule has 8 heteroatoms. The van der Waals surface area contributed by atoms with Gasteiger partial charge in [-0.1, -0.05) is 12.1 Å². The van der Waals surface area contributed by atoms with Crippen molar-refractivity contribution in [3.63, 3.8) is 0 Å². The van der Waals surface area contributed by atoms with E-state index >= 15 is 0 Å².